The largest absolute Gasteiger partial charge is 0.461 e. The van der Waals surface area contributed by atoms with Crippen molar-refractivity contribution in [1.29, 1.82) is 0 Å². The fourth-order valence-corrected chi connectivity index (χ4v) is 1.27. The topological polar surface area (TPSA) is 95.4 Å². The number of benzene rings is 1. The molecule has 0 atom stereocenters. The summed E-state index contributed by atoms with van der Waals surface area (Å²) in [6.45, 7) is 1.31. The van der Waals surface area contributed by atoms with Crippen molar-refractivity contribution in [3.63, 3.8) is 0 Å². The summed E-state index contributed by atoms with van der Waals surface area (Å²) in [6, 6.07) is 2.60. The van der Waals surface area contributed by atoms with Crippen LogP contribution in [0.2, 0.25) is 0 Å². The van der Waals surface area contributed by atoms with Crippen LogP contribution in [0.5, 0.6) is 0 Å². The predicted molar refractivity (Wildman–Crippen MR) is 59.6 cm³/mol. The third-order valence-electron chi connectivity index (χ3n) is 2.08. The number of anilines is 1. The fraction of sp³-hybridized carbons (Fsp3) is 0.273. The molecule has 5 nitrogen and oxygen atoms in total. The van der Waals surface area contributed by atoms with E-state index in [-0.39, 0.29) is 29.8 Å². The average Bonchev–Trinajstić information content (AvgIpc) is 2.22. The number of rotatable bonds is 4. The van der Waals surface area contributed by atoms with Crippen LogP contribution in [0.15, 0.2) is 12.1 Å². The second kappa shape index (κ2) is 5.29. The van der Waals surface area contributed by atoms with Crippen molar-refractivity contribution in [2.45, 2.75) is 13.3 Å². The molecule has 0 bridgehead atoms. The van der Waals surface area contributed by atoms with Gasteiger partial charge in [-0.2, -0.15) is 0 Å². The Balaban J connectivity index is 2.78. The van der Waals surface area contributed by atoms with Crippen LogP contribution < -0.4 is 11.5 Å². The number of ether oxygens (including phenoxy) is 1. The Hall–Kier alpha value is -2.11. The second-order valence-electron chi connectivity index (χ2n) is 3.55. The zero-order valence-electron chi connectivity index (χ0n) is 9.33. The monoisotopic (exact) mass is 240 g/mol. The number of esters is 1. The number of hydrogen-bond donors (Lipinski definition) is 2. The molecule has 1 aromatic rings. The normalized spacial score (nSPS) is 10.0. The summed E-state index contributed by atoms with van der Waals surface area (Å²) in [5.74, 6) is -2.13. The number of hydrogen-bond acceptors (Lipinski definition) is 4. The van der Waals surface area contributed by atoms with Gasteiger partial charge in [0.05, 0.1) is 12.0 Å². The molecule has 17 heavy (non-hydrogen) atoms. The van der Waals surface area contributed by atoms with Gasteiger partial charge in [0, 0.05) is 5.69 Å². The number of amides is 1. The summed E-state index contributed by atoms with van der Waals surface area (Å²) in [5, 5.41) is 0. The van der Waals surface area contributed by atoms with Crippen LogP contribution in [0.1, 0.15) is 22.3 Å². The second-order valence-corrected chi connectivity index (χ2v) is 3.55. The quantitative estimate of drug-likeness (QED) is 0.599. The smallest absolute Gasteiger partial charge is 0.341 e. The Morgan fingerprint density at radius 3 is 2.65 bits per heavy atom. The molecule has 6 heteroatoms. The van der Waals surface area contributed by atoms with Gasteiger partial charge < -0.3 is 16.2 Å². The van der Waals surface area contributed by atoms with Gasteiger partial charge in [-0.05, 0) is 24.6 Å². The first-order valence-electron chi connectivity index (χ1n) is 4.93. The van der Waals surface area contributed by atoms with E-state index in [1.807, 2.05) is 0 Å². The molecule has 0 aliphatic heterocycles. The Morgan fingerprint density at radius 2 is 2.06 bits per heavy atom. The summed E-state index contributed by atoms with van der Waals surface area (Å²) in [5.41, 5.74) is 10.6. The standard InChI is InChI=1S/C11H13FN2O3/c1-6-4-7(13)5-8(10(6)12)11(16)17-3-2-9(14)15/h4-5H,2-3,13H2,1H3,(H2,14,15). The average molecular weight is 240 g/mol. The Labute approximate surface area is 97.5 Å². The van der Waals surface area contributed by atoms with Crippen LogP contribution in [0.3, 0.4) is 0 Å². The molecule has 0 saturated heterocycles. The van der Waals surface area contributed by atoms with Crippen molar-refractivity contribution >= 4 is 17.6 Å². The maximum absolute atomic E-state index is 13.6. The molecule has 0 aromatic heterocycles. The van der Waals surface area contributed by atoms with E-state index in [4.69, 9.17) is 16.2 Å². The van der Waals surface area contributed by atoms with Crippen LogP contribution in [0.4, 0.5) is 10.1 Å². The molecule has 0 saturated carbocycles. The lowest BCUT2D eigenvalue weighted by atomic mass is 10.1. The highest BCUT2D eigenvalue weighted by atomic mass is 19.1. The number of nitrogen functional groups attached to an aromatic ring is 1. The summed E-state index contributed by atoms with van der Waals surface area (Å²) in [4.78, 5) is 21.9. The van der Waals surface area contributed by atoms with Gasteiger partial charge in [-0.3, -0.25) is 4.79 Å². The van der Waals surface area contributed by atoms with Gasteiger partial charge in [0.15, 0.2) is 0 Å². The SMILES string of the molecule is Cc1cc(N)cc(C(=O)OCCC(N)=O)c1F. The number of carbonyl (C=O) groups excluding carboxylic acids is 2. The first kappa shape index (κ1) is 13.0. The lowest BCUT2D eigenvalue weighted by Crippen LogP contribution is -2.16. The van der Waals surface area contributed by atoms with Crippen molar-refractivity contribution in [3.8, 4) is 0 Å². The molecule has 0 aliphatic rings. The molecule has 1 amide bonds. The van der Waals surface area contributed by atoms with Gasteiger partial charge >= 0.3 is 5.97 Å². The minimum absolute atomic E-state index is 0.103. The molecule has 1 aromatic carbocycles. The molecule has 0 fully saturated rings. The molecule has 0 spiro atoms. The zero-order chi connectivity index (χ0) is 13.0. The highest BCUT2D eigenvalue weighted by Crippen LogP contribution is 2.17. The minimum atomic E-state index is -0.862. The number of nitrogens with two attached hydrogens (primary N) is 2. The van der Waals surface area contributed by atoms with E-state index in [0.717, 1.165) is 0 Å². The molecule has 1 rings (SSSR count). The van der Waals surface area contributed by atoms with Gasteiger partial charge in [-0.15, -0.1) is 0 Å². The van der Waals surface area contributed by atoms with Gasteiger partial charge in [0.1, 0.15) is 12.4 Å². The lowest BCUT2D eigenvalue weighted by Gasteiger charge is -2.07. The van der Waals surface area contributed by atoms with Crippen LogP contribution in [0, 0.1) is 12.7 Å². The molecule has 4 N–H and O–H groups in total. The number of primary amides is 1. The first-order valence-corrected chi connectivity index (χ1v) is 4.93. The fourth-order valence-electron chi connectivity index (χ4n) is 1.27. The van der Waals surface area contributed by atoms with Crippen molar-refractivity contribution in [1.82, 2.24) is 0 Å². The van der Waals surface area contributed by atoms with E-state index in [1.165, 1.54) is 19.1 Å². The number of halogens is 1. The summed E-state index contributed by atoms with van der Waals surface area (Å²) < 4.78 is 18.3. The van der Waals surface area contributed by atoms with Gasteiger partial charge in [-0.25, -0.2) is 9.18 Å². The highest BCUT2D eigenvalue weighted by molar-refractivity contribution is 5.91. The highest BCUT2D eigenvalue weighted by Gasteiger charge is 2.16. The van der Waals surface area contributed by atoms with Gasteiger partial charge in [0.2, 0.25) is 5.91 Å². The summed E-state index contributed by atoms with van der Waals surface area (Å²) >= 11 is 0. The van der Waals surface area contributed by atoms with Crippen molar-refractivity contribution in [2.24, 2.45) is 5.73 Å². The third-order valence-corrected chi connectivity index (χ3v) is 2.08. The maximum atomic E-state index is 13.6. The van der Waals surface area contributed by atoms with Crippen LogP contribution >= 0.6 is 0 Å². The summed E-state index contributed by atoms with van der Waals surface area (Å²) in [7, 11) is 0. The van der Waals surface area contributed by atoms with Gasteiger partial charge in [-0.1, -0.05) is 0 Å². The minimum Gasteiger partial charge on any atom is -0.461 e. The third kappa shape index (κ3) is 3.44. The Morgan fingerprint density at radius 1 is 1.41 bits per heavy atom. The van der Waals surface area contributed by atoms with E-state index in [9.17, 15) is 14.0 Å². The van der Waals surface area contributed by atoms with E-state index in [0.29, 0.717) is 0 Å². The van der Waals surface area contributed by atoms with Crippen molar-refractivity contribution in [3.05, 3.63) is 29.1 Å². The molecular formula is C11H13FN2O3. The van der Waals surface area contributed by atoms with Crippen molar-refractivity contribution in [2.75, 3.05) is 12.3 Å². The summed E-state index contributed by atoms with van der Waals surface area (Å²) in [6.07, 6.45) is -0.103. The number of aryl methyl sites for hydroxylation is 1. The zero-order valence-corrected chi connectivity index (χ0v) is 9.33. The molecule has 92 valence electrons. The number of carbonyl (C=O) groups is 2. The van der Waals surface area contributed by atoms with Crippen LogP contribution in [-0.4, -0.2) is 18.5 Å². The van der Waals surface area contributed by atoms with Crippen LogP contribution in [-0.2, 0) is 9.53 Å². The Bertz CT molecular complexity index is 460. The molecule has 0 aliphatic carbocycles. The van der Waals surface area contributed by atoms with E-state index in [1.54, 1.807) is 0 Å². The molecule has 0 radical (unpaired) electrons. The first-order chi connectivity index (χ1) is 7.91. The van der Waals surface area contributed by atoms with E-state index >= 15 is 0 Å². The lowest BCUT2D eigenvalue weighted by molar-refractivity contribution is -0.118. The predicted octanol–water partition coefficient (Wildman–Crippen LogP) is 0.749. The maximum Gasteiger partial charge on any atom is 0.341 e. The Kier molecular flexibility index (Phi) is 4.03. The molecular weight excluding hydrogens is 227 g/mol. The van der Waals surface area contributed by atoms with Crippen molar-refractivity contribution < 1.29 is 18.7 Å². The van der Waals surface area contributed by atoms with E-state index in [2.05, 4.69) is 0 Å². The van der Waals surface area contributed by atoms with Crippen LogP contribution in [0.25, 0.3) is 0 Å². The molecule has 0 heterocycles. The van der Waals surface area contributed by atoms with E-state index < -0.39 is 17.7 Å². The van der Waals surface area contributed by atoms with Gasteiger partial charge in [0.25, 0.3) is 0 Å². The molecule has 0 unspecified atom stereocenters.